The molecule has 3 rings (SSSR count). The smallest absolute Gasteiger partial charge is 0.331 e. The number of amides is 1. The number of hydrogen-bond acceptors (Lipinski definition) is 2. The molecule has 0 saturated carbocycles. The summed E-state index contributed by atoms with van der Waals surface area (Å²) in [5, 5.41) is 2.18. The normalized spacial score (nSPS) is 11.8. The van der Waals surface area contributed by atoms with Crippen molar-refractivity contribution in [2.75, 3.05) is 5.32 Å². The Morgan fingerprint density at radius 1 is 1.16 bits per heavy atom. The number of aryl methyl sites for hydroxylation is 2. The molecule has 0 aliphatic heterocycles. The topological polar surface area (TPSA) is 46.9 Å². The number of halogens is 4. The fraction of sp³-hybridized carbons (Fsp3) is 0.176. The van der Waals surface area contributed by atoms with Crippen molar-refractivity contribution in [1.82, 2.24) is 9.55 Å². The third kappa shape index (κ3) is 3.19. The van der Waals surface area contributed by atoms with Crippen LogP contribution >= 0.6 is 0 Å². The standard InChI is InChI=1S/C17H13F4N3O/c1-9-22-14-7-10(3-6-15(14)24(9)2)16(25)23-13-8-11(17(19,20)21)4-5-12(13)18/h3-8H,1-2H3,(H,23,25). The lowest BCUT2D eigenvalue weighted by Crippen LogP contribution is -2.14. The largest absolute Gasteiger partial charge is 0.416 e. The molecule has 8 heteroatoms. The van der Waals surface area contributed by atoms with Gasteiger partial charge in [0.25, 0.3) is 5.91 Å². The molecule has 25 heavy (non-hydrogen) atoms. The molecule has 0 radical (unpaired) electrons. The van der Waals surface area contributed by atoms with E-state index in [0.717, 1.165) is 11.3 Å². The van der Waals surface area contributed by atoms with E-state index in [-0.39, 0.29) is 5.56 Å². The van der Waals surface area contributed by atoms with Gasteiger partial charge in [-0.15, -0.1) is 0 Å². The van der Waals surface area contributed by atoms with E-state index in [1.807, 2.05) is 11.6 Å². The summed E-state index contributed by atoms with van der Waals surface area (Å²) in [6.45, 7) is 1.80. The number of imidazole rings is 1. The van der Waals surface area contributed by atoms with Gasteiger partial charge in [-0.1, -0.05) is 0 Å². The summed E-state index contributed by atoms with van der Waals surface area (Å²) in [5.74, 6) is -0.920. The molecule has 0 aliphatic carbocycles. The van der Waals surface area contributed by atoms with Crippen LogP contribution in [0.4, 0.5) is 23.2 Å². The van der Waals surface area contributed by atoms with Crippen molar-refractivity contribution < 1.29 is 22.4 Å². The highest BCUT2D eigenvalue weighted by atomic mass is 19.4. The number of carbonyl (C=O) groups is 1. The van der Waals surface area contributed by atoms with Gasteiger partial charge in [0.15, 0.2) is 0 Å². The lowest BCUT2D eigenvalue weighted by atomic mass is 10.1. The van der Waals surface area contributed by atoms with Gasteiger partial charge in [-0.05, 0) is 43.3 Å². The van der Waals surface area contributed by atoms with E-state index in [1.54, 1.807) is 13.0 Å². The zero-order valence-corrected chi connectivity index (χ0v) is 13.3. The van der Waals surface area contributed by atoms with Crippen molar-refractivity contribution in [2.24, 2.45) is 7.05 Å². The Balaban J connectivity index is 1.92. The van der Waals surface area contributed by atoms with E-state index in [0.29, 0.717) is 23.7 Å². The Kier molecular flexibility index (Phi) is 3.98. The predicted octanol–water partition coefficient (Wildman–Crippen LogP) is 4.29. The van der Waals surface area contributed by atoms with Gasteiger partial charge in [-0.25, -0.2) is 9.37 Å². The minimum atomic E-state index is -4.63. The molecule has 0 aliphatic rings. The van der Waals surface area contributed by atoms with Crippen molar-refractivity contribution in [3.8, 4) is 0 Å². The summed E-state index contributed by atoms with van der Waals surface area (Å²) in [5.41, 5.74) is -0.0315. The van der Waals surface area contributed by atoms with Crippen LogP contribution < -0.4 is 5.32 Å². The highest BCUT2D eigenvalue weighted by molar-refractivity contribution is 6.06. The third-order valence-corrected chi connectivity index (χ3v) is 3.91. The quantitative estimate of drug-likeness (QED) is 0.700. The van der Waals surface area contributed by atoms with Gasteiger partial charge in [-0.2, -0.15) is 13.2 Å². The summed E-state index contributed by atoms with van der Waals surface area (Å²) in [7, 11) is 1.82. The number of hydrogen-bond donors (Lipinski definition) is 1. The lowest BCUT2D eigenvalue weighted by molar-refractivity contribution is -0.137. The van der Waals surface area contributed by atoms with Gasteiger partial charge < -0.3 is 9.88 Å². The molecule has 1 amide bonds. The molecular formula is C17H13F4N3O. The van der Waals surface area contributed by atoms with Crippen LogP contribution in [0.3, 0.4) is 0 Å². The van der Waals surface area contributed by atoms with E-state index >= 15 is 0 Å². The van der Waals surface area contributed by atoms with Crippen LogP contribution in [0.15, 0.2) is 36.4 Å². The van der Waals surface area contributed by atoms with Gasteiger partial charge >= 0.3 is 6.18 Å². The fourth-order valence-corrected chi connectivity index (χ4v) is 2.45. The van der Waals surface area contributed by atoms with Gasteiger partial charge in [0, 0.05) is 12.6 Å². The number of fused-ring (bicyclic) bond motifs is 1. The molecule has 0 unspecified atom stereocenters. The average molecular weight is 351 g/mol. The minimum Gasteiger partial charge on any atom is -0.331 e. The van der Waals surface area contributed by atoms with Crippen LogP contribution in [0, 0.1) is 12.7 Å². The monoisotopic (exact) mass is 351 g/mol. The van der Waals surface area contributed by atoms with E-state index < -0.39 is 29.2 Å². The molecule has 1 aromatic heterocycles. The molecule has 3 aromatic rings. The number of alkyl halides is 3. The maximum atomic E-state index is 13.7. The van der Waals surface area contributed by atoms with Crippen LogP contribution in [0.25, 0.3) is 11.0 Å². The van der Waals surface area contributed by atoms with E-state index in [4.69, 9.17) is 0 Å². The molecule has 1 heterocycles. The molecule has 4 nitrogen and oxygen atoms in total. The Hall–Kier alpha value is -2.90. The number of rotatable bonds is 2. The van der Waals surface area contributed by atoms with E-state index in [2.05, 4.69) is 10.3 Å². The number of anilines is 1. The first kappa shape index (κ1) is 16.9. The van der Waals surface area contributed by atoms with Crippen molar-refractivity contribution in [2.45, 2.75) is 13.1 Å². The summed E-state index contributed by atoms with van der Waals surface area (Å²) >= 11 is 0. The van der Waals surface area contributed by atoms with Crippen LogP contribution in [-0.2, 0) is 13.2 Å². The molecule has 0 fully saturated rings. The summed E-state index contributed by atoms with van der Waals surface area (Å²) in [6.07, 6.45) is -4.63. The number of benzene rings is 2. The Morgan fingerprint density at radius 3 is 2.56 bits per heavy atom. The van der Waals surface area contributed by atoms with E-state index in [1.165, 1.54) is 12.1 Å². The second kappa shape index (κ2) is 5.87. The predicted molar refractivity (Wildman–Crippen MR) is 84.8 cm³/mol. The first-order valence-corrected chi connectivity index (χ1v) is 7.28. The van der Waals surface area contributed by atoms with Crippen LogP contribution in [0.1, 0.15) is 21.7 Å². The zero-order valence-electron chi connectivity index (χ0n) is 13.3. The number of aromatic nitrogens is 2. The van der Waals surface area contributed by atoms with Crippen molar-refractivity contribution in [3.63, 3.8) is 0 Å². The lowest BCUT2D eigenvalue weighted by Gasteiger charge is -2.11. The number of nitrogens with one attached hydrogen (secondary N) is 1. The van der Waals surface area contributed by atoms with Crippen LogP contribution in [0.2, 0.25) is 0 Å². The summed E-state index contributed by atoms with van der Waals surface area (Å²) in [4.78, 5) is 16.6. The molecule has 0 atom stereocenters. The van der Waals surface area contributed by atoms with Crippen molar-refractivity contribution >= 4 is 22.6 Å². The second-order valence-electron chi connectivity index (χ2n) is 5.57. The Labute approximate surface area is 140 Å². The van der Waals surface area contributed by atoms with Gasteiger partial charge in [0.1, 0.15) is 11.6 Å². The zero-order chi connectivity index (χ0) is 18.4. The molecule has 0 spiro atoms. The summed E-state index contributed by atoms with van der Waals surface area (Å²) < 4.78 is 53.8. The van der Waals surface area contributed by atoms with Crippen LogP contribution in [-0.4, -0.2) is 15.5 Å². The van der Waals surface area contributed by atoms with Gasteiger partial charge in [-0.3, -0.25) is 4.79 Å². The highest BCUT2D eigenvalue weighted by Crippen LogP contribution is 2.32. The van der Waals surface area contributed by atoms with Gasteiger partial charge in [0.05, 0.1) is 22.3 Å². The Morgan fingerprint density at radius 2 is 1.88 bits per heavy atom. The SMILES string of the molecule is Cc1nc2cc(C(=O)Nc3cc(C(F)(F)F)ccc3F)ccc2n1C. The van der Waals surface area contributed by atoms with Gasteiger partial charge in [0.2, 0.25) is 0 Å². The Bertz CT molecular complexity index is 976. The highest BCUT2D eigenvalue weighted by Gasteiger charge is 2.31. The maximum absolute atomic E-state index is 13.7. The van der Waals surface area contributed by atoms with Crippen molar-refractivity contribution in [1.29, 1.82) is 0 Å². The molecule has 0 bridgehead atoms. The first-order valence-electron chi connectivity index (χ1n) is 7.28. The molecule has 130 valence electrons. The minimum absolute atomic E-state index is 0.169. The first-order chi connectivity index (χ1) is 11.7. The molecular weight excluding hydrogens is 338 g/mol. The molecule has 1 N–H and O–H groups in total. The molecule has 0 saturated heterocycles. The second-order valence-corrected chi connectivity index (χ2v) is 5.57. The fourth-order valence-electron chi connectivity index (χ4n) is 2.45. The number of nitrogens with zero attached hydrogens (tertiary/aromatic N) is 2. The average Bonchev–Trinajstić information content (AvgIpc) is 2.82. The van der Waals surface area contributed by atoms with Crippen LogP contribution in [0.5, 0.6) is 0 Å². The third-order valence-electron chi connectivity index (χ3n) is 3.91. The van der Waals surface area contributed by atoms with Crippen molar-refractivity contribution in [3.05, 3.63) is 59.2 Å². The summed E-state index contributed by atoms with van der Waals surface area (Å²) in [6, 6.07) is 6.54. The number of carbonyl (C=O) groups excluding carboxylic acids is 1. The maximum Gasteiger partial charge on any atom is 0.416 e. The molecule has 2 aromatic carbocycles. The van der Waals surface area contributed by atoms with E-state index in [9.17, 15) is 22.4 Å².